The summed E-state index contributed by atoms with van der Waals surface area (Å²) in [6.07, 6.45) is 0.404. The Hall–Kier alpha value is -1.59. The van der Waals surface area contributed by atoms with Crippen molar-refractivity contribution in [1.29, 1.82) is 0 Å². The van der Waals surface area contributed by atoms with Gasteiger partial charge in [-0.05, 0) is 24.6 Å². The van der Waals surface area contributed by atoms with Crippen LogP contribution in [0, 0.1) is 6.92 Å². The summed E-state index contributed by atoms with van der Waals surface area (Å²) in [7, 11) is 0. The van der Waals surface area contributed by atoms with E-state index in [2.05, 4.69) is 9.97 Å². The molecule has 3 rings (SSSR count). The zero-order valence-corrected chi connectivity index (χ0v) is 11.3. The number of Topliss-reactive ketones (excluding diaryl/α,β-unsaturated/α-hetero) is 1. The minimum absolute atomic E-state index is 0.0805. The van der Waals surface area contributed by atoms with Crippen LogP contribution in [0.3, 0.4) is 0 Å². The summed E-state index contributed by atoms with van der Waals surface area (Å²) >= 11 is 3.00. The number of carbonyl (C=O) groups excluding carboxylic acids is 1. The number of fused-ring (bicyclic) bond motifs is 1. The van der Waals surface area contributed by atoms with E-state index in [1.807, 2.05) is 36.0 Å². The molecule has 18 heavy (non-hydrogen) atoms. The number of aryl methyl sites for hydroxylation is 1. The average molecular weight is 274 g/mol. The molecule has 0 saturated heterocycles. The maximum absolute atomic E-state index is 12.0. The molecule has 5 heteroatoms. The van der Waals surface area contributed by atoms with E-state index in [0.29, 0.717) is 11.4 Å². The number of carbonyl (C=O) groups is 1. The Labute approximate surface area is 112 Å². The lowest BCUT2D eigenvalue weighted by molar-refractivity contribution is 0.0992. The molecule has 0 aliphatic carbocycles. The van der Waals surface area contributed by atoms with Gasteiger partial charge in [-0.1, -0.05) is 6.07 Å². The average Bonchev–Trinajstić information content (AvgIpc) is 2.96. The van der Waals surface area contributed by atoms with Crippen LogP contribution in [-0.2, 0) is 6.42 Å². The van der Waals surface area contributed by atoms with Crippen LogP contribution in [-0.4, -0.2) is 15.8 Å². The fourth-order valence-corrected chi connectivity index (χ4v) is 3.23. The van der Waals surface area contributed by atoms with Crippen LogP contribution >= 0.6 is 22.7 Å². The van der Waals surface area contributed by atoms with E-state index in [1.165, 1.54) is 11.3 Å². The zero-order valence-electron chi connectivity index (χ0n) is 9.71. The molecule has 90 valence electrons. The van der Waals surface area contributed by atoms with Gasteiger partial charge in [0, 0.05) is 17.5 Å². The van der Waals surface area contributed by atoms with Crippen LogP contribution in [0.2, 0.25) is 0 Å². The Balaban J connectivity index is 1.85. The SMILES string of the molecule is Cc1csc(C(=O)Cc2ccc3ncsc3c2)n1. The highest BCUT2D eigenvalue weighted by Gasteiger charge is 2.11. The summed E-state index contributed by atoms with van der Waals surface area (Å²) in [5, 5.41) is 2.50. The monoisotopic (exact) mass is 274 g/mol. The van der Waals surface area contributed by atoms with E-state index in [1.54, 1.807) is 11.3 Å². The Morgan fingerprint density at radius 1 is 1.33 bits per heavy atom. The molecular weight excluding hydrogens is 264 g/mol. The van der Waals surface area contributed by atoms with Gasteiger partial charge in [-0.15, -0.1) is 22.7 Å². The molecule has 3 aromatic rings. The van der Waals surface area contributed by atoms with Crippen LogP contribution in [0.5, 0.6) is 0 Å². The van der Waals surface area contributed by atoms with Gasteiger partial charge in [0.1, 0.15) is 0 Å². The minimum atomic E-state index is 0.0805. The van der Waals surface area contributed by atoms with Gasteiger partial charge in [-0.25, -0.2) is 9.97 Å². The summed E-state index contributed by atoms with van der Waals surface area (Å²) in [5.41, 5.74) is 4.73. The zero-order chi connectivity index (χ0) is 12.5. The Kier molecular flexibility index (Phi) is 2.93. The van der Waals surface area contributed by atoms with Crippen molar-refractivity contribution in [2.75, 3.05) is 0 Å². The summed E-state index contributed by atoms with van der Waals surface area (Å²) in [6, 6.07) is 5.95. The van der Waals surface area contributed by atoms with Crippen LogP contribution in [0.25, 0.3) is 10.2 Å². The second-order valence-corrected chi connectivity index (χ2v) is 5.79. The lowest BCUT2D eigenvalue weighted by atomic mass is 10.1. The first-order valence-electron chi connectivity index (χ1n) is 5.50. The number of ketones is 1. The Morgan fingerprint density at radius 2 is 2.22 bits per heavy atom. The fraction of sp³-hybridized carbons (Fsp3) is 0.154. The maximum atomic E-state index is 12.0. The largest absolute Gasteiger partial charge is 0.291 e. The lowest BCUT2D eigenvalue weighted by Crippen LogP contribution is -2.02. The maximum Gasteiger partial charge on any atom is 0.195 e. The van der Waals surface area contributed by atoms with Crippen LogP contribution in [0.1, 0.15) is 21.1 Å². The topological polar surface area (TPSA) is 42.9 Å². The molecule has 2 heterocycles. The van der Waals surface area contributed by atoms with Crippen molar-refractivity contribution in [3.05, 3.63) is 45.4 Å². The molecule has 0 saturated carbocycles. The van der Waals surface area contributed by atoms with E-state index >= 15 is 0 Å². The molecule has 0 amide bonds. The molecule has 3 nitrogen and oxygen atoms in total. The molecule has 0 spiro atoms. The number of aromatic nitrogens is 2. The molecule has 0 atom stereocenters. The number of hydrogen-bond acceptors (Lipinski definition) is 5. The summed E-state index contributed by atoms with van der Waals surface area (Å²) < 4.78 is 1.12. The third-order valence-electron chi connectivity index (χ3n) is 2.62. The summed E-state index contributed by atoms with van der Waals surface area (Å²) in [5.74, 6) is 0.0805. The predicted octanol–water partition coefficient (Wildman–Crippen LogP) is 3.49. The molecule has 2 aromatic heterocycles. The van der Waals surface area contributed by atoms with Gasteiger partial charge in [-0.3, -0.25) is 4.79 Å². The van der Waals surface area contributed by atoms with Crippen molar-refractivity contribution in [3.63, 3.8) is 0 Å². The second-order valence-electron chi connectivity index (χ2n) is 4.05. The van der Waals surface area contributed by atoms with Crippen molar-refractivity contribution in [2.45, 2.75) is 13.3 Å². The number of thiazole rings is 2. The van der Waals surface area contributed by atoms with E-state index in [9.17, 15) is 4.79 Å². The van der Waals surface area contributed by atoms with Gasteiger partial charge in [0.25, 0.3) is 0 Å². The fourth-order valence-electron chi connectivity index (χ4n) is 1.75. The van der Waals surface area contributed by atoms with Crippen LogP contribution in [0.15, 0.2) is 29.1 Å². The van der Waals surface area contributed by atoms with Gasteiger partial charge in [-0.2, -0.15) is 0 Å². The predicted molar refractivity (Wildman–Crippen MR) is 74.5 cm³/mol. The number of hydrogen-bond donors (Lipinski definition) is 0. The number of nitrogens with zero attached hydrogens (tertiary/aromatic N) is 2. The Bertz CT molecular complexity index is 714. The summed E-state index contributed by atoms with van der Waals surface area (Å²) in [6.45, 7) is 1.90. The third-order valence-corrected chi connectivity index (χ3v) is 4.41. The second kappa shape index (κ2) is 4.59. The van der Waals surface area contributed by atoms with E-state index < -0.39 is 0 Å². The molecule has 0 N–H and O–H groups in total. The van der Waals surface area contributed by atoms with Crippen molar-refractivity contribution in [3.8, 4) is 0 Å². The first-order chi connectivity index (χ1) is 8.72. The molecule has 0 bridgehead atoms. The van der Waals surface area contributed by atoms with E-state index in [4.69, 9.17) is 0 Å². The first kappa shape index (κ1) is 11.5. The highest BCUT2D eigenvalue weighted by atomic mass is 32.1. The third kappa shape index (κ3) is 2.19. The Morgan fingerprint density at radius 3 is 3.00 bits per heavy atom. The molecular formula is C13H10N2OS2. The smallest absolute Gasteiger partial charge is 0.195 e. The quantitative estimate of drug-likeness (QED) is 0.687. The molecule has 0 unspecified atom stereocenters. The van der Waals surface area contributed by atoms with E-state index in [-0.39, 0.29) is 5.78 Å². The molecule has 0 radical (unpaired) electrons. The van der Waals surface area contributed by atoms with Gasteiger partial charge in [0.15, 0.2) is 10.8 Å². The van der Waals surface area contributed by atoms with Crippen molar-refractivity contribution in [2.24, 2.45) is 0 Å². The van der Waals surface area contributed by atoms with Crippen LogP contribution < -0.4 is 0 Å². The normalized spacial score (nSPS) is 10.9. The highest BCUT2D eigenvalue weighted by Crippen LogP contribution is 2.20. The number of benzene rings is 1. The van der Waals surface area contributed by atoms with E-state index in [0.717, 1.165) is 21.5 Å². The van der Waals surface area contributed by atoms with Crippen molar-refractivity contribution >= 4 is 38.7 Å². The van der Waals surface area contributed by atoms with Gasteiger partial charge in [0.05, 0.1) is 15.7 Å². The molecule has 0 aliphatic rings. The first-order valence-corrected chi connectivity index (χ1v) is 7.26. The van der Waals surface area contributed by atoms with Gasteiger partial charge >= 0.3 is 0 Å². The molecule has 1 aromatic carbocycles. The highest BCUT2D eigenvalue weighted by molar-refractivity contribution is 7.16. The standard InChI is InChI=1S/C13H10N2OS2/c1-8-6-17-13(15-8)11(16)4-9-2-3-10-12(5-9)18-7-14-10/h2-3,5-7H,4H2,1H3. The van der Waals surface area contributed by atoms with Gasteiger partial charge in [0.2, 0.25) is 0 Å². The summed E-state index contributed by atoms with van der Waals surface area (Å²) in [4.78, 5) is 20.5. The molecule has 0 fully saturated rings. The van der Waals surface area contributed by atoms with Gasteiger partial charge < -0.3 is 0 Å². The van der Waals surface area contributed by atoms with Crippen LogP contribution in [0.4, 0.5) is 0 Å². The lowest BCUT2D eigenvalue weighted by Gasteiger charge is -1.98. The minimum Gasteiger partial charge on any atom is -0.291 e. The number of rotatable bonds is 3. The molecule has 0 aliphatic heterocycles. The van der Waals surface area contributed by atoms with Crippen molar-refractivity contribution < 1.29 is 4.79 Å². The van der Waals surface area contributed by atoms with Crippen molar-refractivity contribution in [1.82, 2.24) is 9.97 Å².